The van der Waals surface area contributed by atoms with Crippen molar-refractivity contribution in [3.05, 3.63) is 58.6 Å². The summed E-state index contributed by atoms with van der Waals surface area (Å²) < 4.78 is 27.8. The summed E-state index contributed by atoms with van der Waals surface area (Å²) in [4.78, 5) is 12.5. The molecule has 0 bridgehead atoms. The van der Waals surface area contributed by atoms with E-state index in [-0.39, 0.29) is 10.8 Å². The van der Waals surface area contributed by atoms with Crippen molar-refractivity contribution in [2.75, 3.05) is 18.4 Å². The quantitative estimate of drug-likeness (QED) is 0.783. The largest absolute Gasteiger partial charge is 0.322 e. The molecule has 1 aliphatic heterocycles. The molecule has 26 heavy (non-hydrogen) atoms. The molecule has 1 amide bonds. The monoisotopic (exact) mass is 436 g/mol. The van der Waals surface area contributed by atoms with Gasteiger partial charge >= 0.3 is 0 Å². The highest BCUT2D eigenvalue weighted by Crippen LogP contribution is 2.24. The number of rotatable bonds is 4. The van der Waals surface area contributed by atoms with E-state index in [9.17, 15) is 13.2 Å². The van der Waals surface area contributed by atoms with Crippen LogP contribution in [0, 0.1) is 5.92 Å². The first-order valence-corrected chi connectivity index (χ1v) is 10.8. The van der Waals surface area contributed by atoms with E-state index in [1.165, 1.54) is 0 Å². The Bertz CT molecular complexity index is 889. The summed E-state index contributed by atoms with van der Waals surface area (Å²) in [5, 5.41) is 2.78. The van der Waals surface area contributed by atoms with Gasteiger partial charge in [0.05, 0.1) is 4.90 Å². The molecule has 3 rings (SSSR count). The molecule has 7 heteroatoms. The third kappa shape index (κ3) is 4.34. The van der Waals surface area contributed by atoms with Crippen LogP contribution in [0.3, 0.4) is 0 Å². The molecule has 0 radical (unpaired) electrons. The van der Waals surface area contributed by atoms with E-state index < -0.39 is 10.0 Å². The molecule has 2 aromatic carbocycles. The number of hydrogen-bond donors (Lipinski definition) is 1. The van der Waals surface area contributed by atoms with Crippen LogP contribution in [0.2, 0.25) is 0 Å². The average Bonchev–Trinajstić information content (AvgIpc) is 2.62. The Kier molecular flexibility index (Phi) is 5.79. The van der Waals surface area contributed by atoms with Crippen LogP contribution in [0.1, 0.15) is 30.1 Å². The molecule has 138 valence electrons. The zero-order chi connectivity index (χ0) is 18.7. The lowest BCUT2D eigenvalue weighted by molar-refractivity contribution is 0.102. The summed E-state index contributed by atoms with van der Waals surface area (Å²) >= 11 is 3.34. The van der Waals surface area contributed by atoms with Crippen molar-refractivity contribution in [3.63, 3.8) is 0 Å². The Labute approximate surface area is 162 Å². The van der Waals surface area contributed by atoms with Crippen molar-refractivity contribution >= 4 is 37.5 Å². The zero-order valence-electron chi connectivity index (χ0n) is 14.5. The molecule has 0 saturated carbocycles. The number of sulfonamides is 1. The topological polar surface area (TPSA) is 66.5 Å². The van der Waals surface area contributed by atoms with E-state index in [0.29, 0.717) is 30.3 Å². The van der Waals surface area contributed by atoms with Gasteiger partial charge in [0.1, 0.15) is 0 Å². The molecule has 1 heterocycles. The van der Waals surface area contributed by atoms with Crippen molar-refractivity contribution in [2.24, 2.45) is 5.92 Å². The van der Waals surface area contributed by atoms with Crippen LogP contribution in [0.15, 0.2) is 57.9 Å². The van der Waals surface area contributed by atoms with Crippen LogP contribution >= 0.6 is 15.9 Å². The molecule has 1 saturated heterocycles. The number of amides is 1. The minimum atomic E-state index is -3.47. The second-order valence-electron chi connectivity index (χ2n) is 6.58. The standard InChI is InChI=1S/C19H21BrN2O3S/c1-14-9-11-22(12-10-14)26(24,25)18-7-5-17(6-8-18)21-19(23)15-3-2-4-16(20)13-15/h2-8,13-14H,9-12H2,1H3,(H,21,23). The van der Waals surface area contributed by atoms with Gasteiger partial charge in [-0.1, -0.05) is 28.9 Å². The minimum absolute atomic E-state index is 0.244. The summed E-state index contributed by atoms with van der Waals surface area (Å²) in [6.07, 6.45) is 1.78. The fraction of sp³-hybridized carbons (Fsp3) is 0.316. The predicted molar refractivity (Wildman–Crippen MR) is 106 cm³/mol. The first-order chi connectivity index (χ1) is 12.4. The third-order valence-corrected chi connectivity index (χ3v) is 6.99. The van der Waals surface area contributed by atoms with Gasteiger partial charge in [0.25, 0.3) is 5.91 Å². The van der Waals surface area contributed by atoms with Crippen molar-refractivity contribution in [2.45, 2.75) is 24.7 Å². The molecule has 1 aliphatic rings. The van der Waals surface area contributed by atoms with Crippen LogP contribution in [-0.2, 0) is 10.0 Å². The van der Waals surface area contributed by atoms with E-state index in [1.54, 1.807) is 46.8 Å². The van der Waals surface area contributed by atoms with Crippen molar-refractivity contribution in [1.82, 2.24) is 4.31 Å². The molecule has 0 aromatic heterocycles. The summed E-state index contributed by atoms with van der Waals surface area (Å²) in [5.41, 5.74) is 1.08. The second kappa shape index (κ2) is 7.90. The van der Waals surface area contributed by atoms with Gasteiger partial charge in [-0.15, -0.1) is 0 Å². The molecule has 5 nitrogen and oxygen atoms in total. The molecular weight excluding hydrogens is 416 g/mol. The Morgan fingerprint density at radius 3 is 2.38 bits per heavy atom. The number of nitrogens with zero attached hydrogens (tertiary/aromatic N) is 1. The lowest BCUT2D eigenvalue weighted by Gasteiger charge is -2.29. The van der Waals surface area contributed by atoms with E-state index in [2.05, 4.69) is 28.2 Å². The van der Waals surface area contributed by atoms with Crippen LogP contribution < -0.4 is 5.32 Å². The van der Waals surface area contributed by atoms with Gasteiger partial charge in [0, 0.05) is 28.8 Å². The van der Waals surface area contributed by atoms with Crippen molar-refractivity contribution < 1.29 is 13.2 Å². The smallest absolute Gasteiger partial charge is 0.255 e. The van der Waals surface area contributed by atoms with Crippen molar-refractivity contribution in [1.29, 1.82) is 0 Å². The highest BCUT2D eigenvalue weighted by molar-refractivity contribution is 9.10. The first-order valence-electron chi connectivity index (χ1n) is 8.53. The van der Waals surface area contributed by atoms with Gasteiger partial charge in [-0.25, -0.2) is 8.42 Å². The van der Waals surface area contributed by atoms with Gasteiger partial charge in [-0.05, 0) is 61.2 Å². The number of carbonyl (C=O) groups excluding carboxylic acids is 1. The third-order valence-electron chi connectivity index (χ3n) is 4.58. The van der Waals surface area contributed by atoms with E-state index >= 15 is 0 Å². The van der Waals surface area contributed by atoms with Gasteiger partial charge in [-0.3, -0.25) is 4.79 Å². The Hall–Kier alpha value is -1.70. The van der Waals surface area contributed by atoms with Crippen LogP contribution in [0.4, 0.5) is 5.69 Å². The van der Waals surface area contributed by atoms with Gasteiger partial charge < -0.3 is 5.32 Å². The lowest BCUT2D eigenvalue weighted by Crippen LogP contribution is -2.37. The SMILES string of the molecule is CC1CCN(S(=O)(=O)c2ccc(NC(=O)c3cccc(Br)c3)cc2)CC1. The Morgan fingerprint density at radius 1 is 1.12 bits per heavy atom. The van der Waals surface area contributed by atoms with Gasteiger partial charge in [0.15, 0.2) is 0 Å². The second-order valence-corrected chi connectivity index (χ2v) is 9.43. The number of benzene rings is 2. The number of nitrogens with one attached hydrogen (secondary N) is 1. The summed E-state index contributed by atoms with van der Waals surface area (Å²) in [6.45, 7) is 3.27. The highest BCUT2D eigenvalue weighted by atomic mass is 79.9. The lowest BCUT2D eigenvalue weighted by atomic mass is 10.0. The molecule has 0 spiro atoms. The molecular formula is C19H21BrN2O3S. The Morgan fingerprint density at radius 2 is 1.77 bits per heavy atom. The van der Waals surface area contributed by atoms with Crippen LogP contribution in [0.5, 0.6) is 0 Å². The fourth-order valence-corrected chi connectivity index (χ4v) is 4.79. The fourth-order valence-electron chi connectivity index (χ4n) is 2.92. The zero-order valence-corrected chi connectivity index (χ0v) is 16.9. The normalized spacial score (nSPS) is 16.4. The first kappa shape index (κ1) is 19.1. The maximum Gasteiger partial charge on any atom is 0.255 e. The van der Waals surface area contributed by atoms with Crippen LogP contribution in [-0.4, -0.2) is 31.7 Å². The van der Waals surface area contributed by atoms with E-state index in [1.807, 2.05) is 6.07 Å². The highest BCUT2D eigenvalue weighted by Gasteiger charge is 2.27. The summed E-state index contributed by atoms with van der Waals surface area (Å²) in [6, 6.07) is 13.4. The molecule has 0 unspecified atom stereocenters. The molecule has 0 aliphatic carbocycles. The van der Waals surface area contributed by atoms with E-state index in [4.69, 9.17) is 0 Å². The summed E-state index contributed by atoms with van der Waals surface area (Å²) in [7, 11) is -3.47. The number of hydrogen-bond acceptors (Lipinski definition) is 3. The number of carbonyl (C=O) groups is 1. The average molecular weight is 437 g/mol. The minimum Gasteiger partial charge on any atom is -0.322 e. The van der Waals surface area contributed by atoms with E-state index in [0.717, 1.165) is 17.3 Å². The maximum atomic E-state index is 12.7. The van der Waals surface area contributed by atoms with Gasteiger partial charge in [-0.2, -0.15) is 4.31 Å². The van der Waals surface area contributed by atoms with Crippen LogP contribution in [0.25, 0.3) is 0 Å². The molecule has 2 aromatic rings. The summed E-state index contributed by atoms with van der Waals surface area (Å²) in [5.74, 6) is 0.323. The Balaban J connectivity index is 1.71. The van der Waals surface area contributed by atoms with Gasteiger partial charge in [0.2, 0.25) is 10.0 Å². The molecule has 1 N–H and O–H groups in total. The number of halogens is 1. The number of anilines is 1. The predicted octanol–water partition coefficient (Wildman–Crippen LogP) is 4.12. The number of piperidine rings is 1. The van der Waals surface area contributed by atoms with Crippen molar-refractivity contribution in [3.8, 4) is 0 Å². The maximum absolute atomic E-state index is 12.7. The molecule has 0 atom stereocenters. The molecule has 1 fully saturated rings.